The van der Waals surface area contributed by atoms with Crippen LogP contribution in [-0.2, 0) is 4.79 Å². The molecule has 0 fully saturated rings. The Morgan fingerprint density at radius 2 is 2.00 bits per heavy atom. The van der Waals surface area contributed by atoms with Crippen LogP contribution in [0.25, 0.3) is 0 Å². The first-order valence-corrected chi connectivity index (χ1v) is 8.56. The molecule has 138 valence electrons. The molecule has 0 bridgehead atoms. The SMILES string of the molecule is CCOc1cc(C=NNC(=O)COc2ccc(Br)cc2OC)ccc1O. The van der Waals surface area contributed by atoms with Gasteiger partial charge in [-0.25, -0.2) is 5.43 Å². The zero-order chi connectivity index (χ0) is 18.9. The van der Waals surface area contributed by atoms with Crippen molar-refractivity contribution in [2.45, 2.75) is 6.92 Å². The topological polar surface area (TPSA) is 89.4 Å². The maximum absolute atomic E-state index is 11.8. The molecule has 1 amide bonds. The second-order valence-electron chi connectivity index (χ2n) is 5.04. The highest BCUT2D eigenvalue weighted by Crippen LogP contribution is 2.30. The van der Waals surface area contributed by atoms with E-state index in [2.05, 4.69) is 26.5 Å². The van der Waals surface area contributed by atoms with E-state index in [1.54, 1.807) is 30.3 Å². The second kappa shape index (κ2) is 9.67. The summed E-state index contributed by atoms with van der Waals surface area (Å²) in [5, 5.41) is 13.5. The summed E-state index contributed by atoms with van der Waals surface area (Å²) in [4.78, 5) is 11.8. The van der Waals surface area contributed by atoms with Crippen LogP contribution >= 0.6 is 15.9 Å². The number of phenolic OH excluding ortho intramolecular Hbond substituents is 1. The molecule has 2 rings (SSSR count). The average molecular weight is 423 g/mol. The molecule has 7 nitrogen and oxygen atoms in total. The molecule has 0 spiro atoms. The quantitative estimate of drug-likeness (QED) is 0.503. The van der Waals surface area contributed by atoms with Crippen molar-refractivity contribution in [2.24, 2.45) is 5.10 Å². The smallest absolute Gasteiger partial charge is 0.277 e. The van der Waals surface area contributed by atoms with Gasteiger partial charge in [-0.1, -0.05) is 15.9 Å². The second-order valence-corrected chi connectivity index (χ2v) is 5.95. The predicted molar refractivity (Wildman–Crippen MR) is 101 cm³/mol. The number of amides is 1. The van der Waals surface area contributed by atoms with Crippen LogP contribution in [0.15, 0.2) is 46.0 Å². The summed E-state index contributed by atoms with van der Waals surface area (Å²) in [7, 11) is 1.52. The lowest BCUT2D eigenvalue weighted by molar-refractivity contribution is -0.123. The van der Waals surface area contributed by atoms with Crippen LogP contribution in [0, 0.1) is 0 Å². The lowest BCUT2D eigenvalue weighted by Gasteiger charge is -2.10. The molecule has 0 aromatic heterocycles. The standard InChI is InChI=1S/C18H19BrN2O5/c1-3-25-16-8-12(4-6-14(16)22)10-20-21-18(23)11-26-15-7-5-13(19)9-17(15)24-2/h4-10,22H,3,11H2,1-2H3,(H,21,23). The molecule has 2 N–H and O–H groups in total. The number of aromatic hydroxyl groups is 1. The van der Waals surface area contributed by atoms with Crippen molar-refractivity contribution in [3.05, 3.63) is 46.4 Å². The fourth-order valence-corrected chi connectivity index (χ4v) is 2.34. The van der Waals surface area contributed by atoms with Crippen LogP contribution in [0.1, 0.15) is 12.5 Å². The monoisotopic (exact) mass is 422 g/mol. The first kappa shape index (κ1) is 19.6. The largest absolute Gasteiger partial charge is 0.504 e. The number of rotatable bonds is 8. The zero-order valence-electron chi connectivity index (χ0n) is 14.4. The third-order valence-corrected chi connectivity index (χ3v) is 3.66. The van der Waals surface area contributed by atoms with Crippen LogP contribution in [0.5, 0.6) is 23.0 Å². The van der Waals surface area contributed by atoms with E-state index >= 15 is 0 Å². The van der Waals surface area contributed by atoms with E-state index in [0.29, 0.717) is 29.4 Å². The molecule has 26 heavy (non-hydrogen) atoms. The molecule has 0 radical (unpaired) electrons. The van der Waals surface area contributed by atoms with Gasteiger partial charge in [-0.15, -0.1) is 0 Å². The first-order chi connectivity index (χ1) is 12.5. The number of hydrazone groups is 1. The lowest BCUT2D eigenvalue weighted by atomic mass is 10.2. The van der Waals surface area contributed by atoms with Crippen molar-refractivity contribution in [3.8, 4) is 23.0 Å². The number of carbonyl (C=O) groups excluding carboxylic acids is 1. The number of methoxy groups -OCH3 is 1. The summed E-state index contributed by atoms with van der Waals surface area (Å²) in [5.41, 5.74) is 3.04. The Bertz CT molecular complexity index is 795. The summed E-state index contributed by atoms with van der Waals surface area (Å²) in [6, 6.07) is 10.00. The van der Waals surface area contributed by atoms with Crippen molar-refractivity contribution in [2.75, 3.05) is 20.3 Å². The Kier molecular flexibility index (Phi) is 7.28. The minimum atomic E-state index is -0.421. The third kappa shape index (κ3) is 5.66. The third-order valence-electron chi connectivity index (χ3n) is 3.17. The Balaban J connectivity index is 1.89. The van der Waals surface area contributed by atoms with Crippen LogP contribution in [0.4, 0.5) is 0 Å². The predicted octanol–water partition coefficient (Wildman–Crippen LogP) is 3.09. The van der Waals surface area contributed by atoms with Gasteiger partial charge in [-0.2, -0.15) is 5.10 Å². The van der Waals surface area contributed by atoms with Crippen molar-refractivity contribution >= 4 is 28.1 Å². The number of nitrogens with zero attached hydrogens (tertiary/aromatic N) is 1. The van der Waals surface area contributed by atoms with Gasteiger partial charge < -0.3 is 19.3 Å². The molecule has 8 heteroatoms. The Morgan fingerprint density at radius 3 is 2.73 bits per heavy atom. The van der Waals surface area contributed by atoms with Crippen LogP contribution < -0.4 is 19.6 Å². The number of hydrogen-bond acceptors (Lipinski definition) is 6. The molecule has 0 saturated carbocycles. The highest BCUT2D eigenvalue weighted by Gasteiger charge is 2.08. The van der Waals surface area contributed by atoms with E-state index in [-0.39, 0.29) is 12.4 Å². The van der Waals surface area contributed by atoms with E-state index in [1.165, 1.54) is 19.4 Å². The van der Waals surface area contributed by atoms with Gasteiger partial charge in [-0.05, 0) is 48.9 Å². The average Bonchev–Trinajstić information content (AvgIpc) is 2.63. The summed E-state index contributed by atoms with van der Waals surface area (Å²) < 4.78 is 16.8. The number of benzene rings is 2. The van der Waals surface area contributed by atoms with Crippen molar-refractivity contribution in [1.82, 2.24) is 5.43 Å². The molecule has 0 heterocycles. The molecule has 0 atom stereocenters. The number of hydrogen-bond donors (Lipinski definition) is 2. The van der Waals surface area contributed by atoms with Gasteiger partial charge in [0.05, 0.1) is 19.9 Å². The highest BCUT2D eigenvalue weighted by atomic mass is 79.9. The fraction of sp³-hybridized carbons (Fsp3) is 0.222. The van der Waals surface area contributed by atoms with Crippen molar-refractivity contribution in [3.63, 3.8) is 0 Å². The van der Waals surface area contributed by atoms with E-state index in [0.717, 1.165) is 4.47 Å². The number of carbonyl (C=O) groups is 1. The van der Waals surface area contributed by atoms with Gasteiger partial charge in [0.2, 0.25) is 0 Å². The number of halogens is 1. The van der Waals surface area contributed by atoms with Gasteiger partial charge in [0, 0.05) is 4.47 Å². The van der Waals surface area contributed by atoms with Gasteiger partial charge in [0.15, 0.2) is 29.6 Å². The maximum atomic E-state index is 11.8. The summed E-state index contributed by atoms with van der Waals surface area (Å²) in [6.45, 7) is 2.04. The van der Waals surface area contributed by atoms with E-state index in [9.17, 15) is 9.90 Å². The molecule has 0 saturated heterocycles. The Hall–Kier alpha value is -2.74. The molecule has 2 aromatic rings. The van der Waals surface area contributed by atoms with E-state index in [1.807, 2.05) is 6.92 Å². The lowest BCUT2D eigenvalue weighted by Crippen LogP contribution is -2.24. The number of ether oxygens (including phenoxy) is 3. The minimum absolute atomic E-state index is 0.0462. The molecular formula is C18H19BrN2O5. The highest BCUT2D eigenvalue weighted by molar-refractivity contribution is 9.10. The number of nitrogens with one attached hydrogen (secondary N) is 1. The Morgan fingerprint density at radius 1 is 1.19 bits per heavy atom. The zero-order valence-corrected chi connectivity index (χ0v) is 15.9. The van der Waals surface area contributed by atoms with Crippen LogP contribution in [-0.4, -0.2) is 37.6 Å². The van der Waals surface area contributed by atoms with Crippen molar-refractivity contribution in [1.29, 1.82) is 0 Å². The minimum Gasteiger partial charge on any atom is -0.504 e. The molecule has 2 aromatic carbocycles. The van der Waals surface area contributed by atoms with Gasteiger partial charge in [0.1, 0.15) is 0 Å². The fourth-order valence-electron chi connectivity index (χ4n) is 2.00. The van der Waals surface area contributed by atoms with Gasteiger partial charge in [-0.3, -0.25) is 4.79 Å². The summed E-state index contributed by atoms with van der Waals surface area (Å²) in [6.07, 6.45) is 1.44. The van der Waals surface area contributed by atoms with E-state index < -0.39 is 5.91 Å². The van der Waals surface area contributed by atoms with Crippen molar-refractivity contribution < 1.29 is 24.1 Å². The van der Waals surface area contributed by atoms with E-state index in [4.69, 9.17) is 14.2 Å². The van der Waals surface area contributed by atoms with Gasteiger partial charge in [0.25, 0.3) is 5.91 Å². The summed E-state index contributed by atoms with van der Waals surface area (Å²) >= 11 is 3.33. The number of phenols is 1. The molecule has 0 aliphatic heterocycles. The van der Waals surface area contributed by atoms with Crippen LogP contribution in [0.2, 0.25) is 0 Å². The molecular weight excluding hydrogens is 404 g/mol. The first-order valence-electron chi connectivity index (χ1n) is 7.77. The molecule has 0 unspecified atom stereocenters. The normalized spacial score (nSPS) is 10.6. The summed E-state index contributed by atoms with van der Waals surface area (Å²) in [5.74, 6) is 0.950. The molecule has 0 aliphatic carbocycles. The molecule has 0 aliphatic rings. The Labute approximate surface area is 159 Å². The van der Waals surface area contributed by atoms with Crippen LogP contribution in [0.3, 0.4) is 0 Å². The van der Waals surface area contributed by atoms with Gasteiger partial charge >= 0.3 is 0 Å². The maximum Gasteiger partial charge on any atom is 0.277 e.